The molecule has 3 heterocycles. The highest BCUT2D eigenvalue weighted by atomic mass is 16.5. The molecule has 1 aromatic heterocycles. The molecule has 5 heteroatoms. The van der Waals surface area contributed by atoms with Crippen molar-refractivity contribution >= 4 is 5.97 Å². The first-order valence-corrected chi connectivity index (χ1v) is 6.63. The van der Waals surface area contributed by atoms with Gasteiger partial charge in [0.25, 0.3) is 0 Å². The van der Waals surface area contributed by atoms with Crippen molar-refractivity contribution in [3.8, 4) is 0 Å². The summed E-state index contributed by atoms with van der Waals surface area (Å²) in [6, 6.07) is 0.0137. The molecule has 0 spiro atoms. The minimum absolute atomic E-state index is 0.0137. The van der Waals surface area contributed by atoms with Crippen LogP contribution in [0.15, 0.2) is 12.4 Å². The smallest absolute Gasteiger partial charge is 0.323 e. The Hall–Kier alpha value is -1.36. The van der Waals surface area contributed by atoms with Crippen molar-refractivity contribution in [2.75, 3.05) is 19.7 Å². The van der Waals surface area contributed by atoms with E-state index >= 15 is 0 Å². The Morgan fingerprint density at radius 2 is 2.11 bits per heavy atom. The summed E-state index contributed by atoms with van der Waals surface area (Å²) in [5, 5.41) is 4.23. The number of esters is 1. The van der Waals surface area contributed by atoms with Gasteiger partial charge in [-0.15, -0.1) is 0 Å². The number of piperidine rings is 1. The lowest BCUT2D eigenvalue weighted by molar-refractivity contribution is -0.142. The molecule has 0 bridgehead atoms. The predicted molar refractivity (Wildman–Crippen MR) is 66.1 cm³/mol. The molecule has 3 rings (SSSR count). The van der Waals surface area contributed by atoms with E-state index in [9.17, 15) is 4.79 Å². The van der Waals surface area contributed by atoms with Gasteiger partial charge in [0.15, 0.2) is 0 Å². The van der Waals surface area contributed by atoms with Gasteiger partial charge in [-0.25, -0.2) is 0 Å². The van der Waals surface area contributed by atoms with Crippen molar-refractivity contribution in [3.05, 3.63) is 18.0 Å². The van der Waals surface area contributed by atoms with Crippen LogP contribution in [0.2, 0.25) is 0 Å². The molecule has 0 aliphatic carbocycles. The summed E-state index contributed by atoms with van der Waals surface area (Å²) in [7, 11) is 1.95. The van der Waals surface area contributed by atoms with E-state index in [-0.39, 0.29) is 12.0 Å². The maximum Gasteiger partial charge on any atom is 0.323 e. The first-order valence-electron chi connectivity index (χ1n) is 6.63. The third kappa shape index (κ3) is 2.14. The Labute approximate surface area is 107 Å². The van der Waals surface area contributed by atoms with Crippen molar-refractivity contribution in [1.29, 1.82) is 0 Å². The topological polar surface area (TPSA) is 47.4 Å². The number of cyclic esters (lactones) is 1. The van der Waals surface area contributed by atoms with Gasteiger partial charge in [0.2, 0.25) is 0 Å². The molecule has 2 aliphatic heterocycles. The van der Waals surface area contributed by atoms with Crippen LogP contribution in [0.1, 0.15) is 30.7 Å². The predicted octanol–water partition coefficient (Wildman–Crippen LogP) is 0.915. The standard InChI is InChI=1S/C13H19N3O2/c1-15-9-11(8-14-15)10-2-5-16(6-3-10)12-4-7-18-13(12)17/h8-10,12H,2-7H2,1H3. The van der Waals surface area contributed by atoms with Gasteiger partial charge in [0.1, 0.15) is 6.04 Å². The largest absolute Gasteiger partial charge is 0.464 e. The maximum absolute atomic E-state index is 11.6. The van der Waals surface area contributed by atoms with E-state index in [1.54, 1.807) is 0 Å². The molecular formula is C13H19N3O2. The van der Waals surface area contributed by atoms with Crippen molar-refractivity contribution < 1.29 is 9.53 Å². The van der Waals surface area contributed by atoms with Gasteiger partial charge in [-0.05, 0) is 37.4 Å². The molecule has 2 aliphatic rings. The summed E-state index contributed by atoms with van der Waals surface area (Å²) in [5.74, 6) is 0.558. The Morgan fingerprint density at radius 1 is 1.33 bits per heavy atom. The number of hydrogen-bond acceptors (Lipinski definition) is 4. The normalized spacial score (nSPS) is 26.5. The highest BCUT2D eigenvalue weighted by Crippen LogP contribution is 2.29. The van der Waals surface area contributed by atoms with Crippen LogP contribution >= 0.6 is 0 Å². The molecular weight excluding hydrogens is 230 g/mol. The van der Waals surface area contributed by atoms with Gasteiger partial charge in [0, 0.05) is 19.7 Å². The van der Waals surface area contributed by atoms with Crippen molar-refractivity contribution in [3.63, 3.8) is 0 Å². The van der Waals surface area contributed by atoms with Crippen molar-refractivity contribution in [2.24, 2.45) is 7.05 Å². The zero-order chi connectivity index (χ0) is 12.5. The molecule has 2 saturated heterocycles. The Balaban J connectivity index is 1.59. The van der Waals surface area contributed by atoms with E-state index in [0.29, 0.717) is 12.5 Å². The van der Waals surface area contributed by atoms with Gasteiger partial charge in [-0.1, -0.05) is 0 Å². The van der Waals surface area contributed by atoms with Crippen LogP contribution in [0.5, 0.6) is 0 Å². The van der Waals surface area contributed by atoms with Crippen LogP contribution < -0.4 is 0 Å². The molecule has 0 saturated carbocycles. The second-order valence-corrected chi connectivity index (χ2v) is 5.23. The summed E-state index contributed by atoms with van der Waals surface area (Å²) in [5.41, 5.74) is 1.33. The quantitative estimate of drug-likeness (QED) is 0.731. The molecule has 0 amide bonds. The highest BCUT2D eigenvalue weighted by molar-refractivity contribution is 5.77. The zero-order valence-corrected chi connectivity index (χ0v) is 10.7. The number of carbonyl (C=O) groups is 1. The van der Waals surface area contributed by atoms with Crippen LogP contribution in [-0.4, -0.2) is 46.4 Å². The number of rotatable bonds is 2. The van der Waals surface area contributed by atoms with Crippen LogP contribution in [0.4, 0.5) is 0 Å². The van der Waals surface area contributed by atoms with Crippen LogP contribution in [-0.2, 0) is 16.6 Å². The van der Waals surface area contributed by atoms with Crippen LogP contribution in [0.25, 0.3) is 0 Å². The molecule has 18 heavy (non-hydrogen) atoms. The first-order chi connectivity index (χ1) is 8.74. The van der Waals surface area contributed by atoms with Crippen LogP contribution in [0.3, 0.4) is 0 Å². The summed E-state index contributed by atoms with van der Waals surface area (Å²) in [4.78, 5) is 13.8. The lowest BCUT2D eigenvalue weighted by Crippen LogP contribution is -2.43. The van der Waals surface area contributed by atoms with E-state index in [1.807, 2.05) is 17.9 Å². The monoisotopic (exact) mass is 249 g/mol. The second-order valence-electron chi connectivity index (χ2n) is 5.23. The Kier molecular flexibility index (Phi) is 3.07. The fourth-order valence-electron chi connectivity index (χ4n) is 3.01. The number of aryl methyl sites for hydroxylation is 1. The number of ether oxygens (including phenoxy) is 1. The molecule has 1 unspecified atom stereocenters. The lowest BCUT2D eigenvalue weighted by atomic mass is 9.91. The van der Waals surface area contributed by atoms with Gasteiger partial charge in [0.05, 0.1) is 12.8 Å². The SMILES string of the molecule is Cn1cc(C2CCN(C3CCOC3=O)CC2)cn1. The summed E-state index contributed by atoms with van der Waals surface area (Å²) in [6.45, 7) is 2.56. The van der Waals surface area contributed by atoms with Gasteiger partial charge >= 0.3 is 5.97 Å². The average Bonchev–Trinajstić information content (AvgIpc) is 2.98. The molecule has 1 aromatic rings. The van der Waals surface area contributed by atoms with Gasteiger partial charge in [-0.3, -0.25) is 14.4 Å². The summed E-state index contributed by atoms with van der Waals surface area (Å²) in [6.07, 6.45) is 7.13. The highest BCUT2D eigenvalue weighted by Gasteiger charge is 2.34. The van der Waals surface area contributed by atoms with Crippen molar-refractivity contribution in [1.82, 2.24) is 14.7 Å². The van der Waals surface area contributed by atoms with E-state index in [2.05, 4.69) is 16.2 Å². The molecule has 5 nitrogen and oxygen atoms in total. The molecule has 2 fully saturated rings. The number of hydrogen-bond donors (Lipinski definition) is 0. The molecule has 0 radical (unpaired) electrons. The lowest BCUT2D eigenvalue weighted by Gasteiger charge is -2.33. The van der Waals surface area contributed by atoms with E-state index in [0.717, 1.165) is 32.4 Å². The van der Waals surface area contributed by atoms with Crippen LogP contribution in [0, 0.1) is 0 Å². The van der Waals surface area contributed by atoms with Gasteiger partial charge < -0.3 is 4.74 Å². The summed E-state index contributed by atoms with van der Waals surface area (Å²) >= 11 is 0. The molecule has 98 valence electrons. The number of carbonyl (C=O) groups excluding carboxylic acids is 1. The van der Waals surface area contributed by atoms with Gasteiger partial charge in [-0.2, -0.15) is 5.10 Å². The number of nitrogens with zero attached hydrogens (tertiary/aromatic N) is 3. The minimum atomic E-state index is -0.0326. The molecule has 0 aromatic carbocycles. The molecule has 1 atom stereocenters. The van der Waals surface area contributed by atoms with E-state index in [1.165, 1.54) is 5.56 Å². The Morgan fingerprint density at radius 3 is 2.67 bits per heavy atom. The third-order valence-electron chi connectivity index (χ3n) is 4.07. The molecule has 0 N–H and O–H groups in total. The first kappa shape index (κ1) is 11.7. The van der Waals surface area contributed by atoms with E-state index < -0.39 is 0 Å². The number of likely N-dealkylation sites (tertiary alicyclic amines) is 1. The van der Waals surface area contributed by atoms with Crippen molar-refractivity contribution in [2.45, 2.75) is 31.2 Å². The fraction of sp³-hybridized carbons (Fsp3) is 0.692. The Bertz CT molecular complexity index is 435. The maximum atomic E-state index is 11.6. The zero-order valence-electron chi connectivity index (χ0n) is 10.7. The fourth-order valence-corrected chi connectivity index (χ4v) is 3.01. The summed E-state index contributed by atoms with van der Waals surface area (Å²) < 4.78 is 6.90. The second kappa shape index (κ2) is 4.72. The minimum Gasteiger partial charge on any atom is -0.464 e. The number of aromatic nitrogens is 2. The third-order valence-corrected chi connectivity index (χ3v) is 4.07. The van der Waals surface area contributed by atoms with E-state index in [4.69, 9.17) is 4.74 Å². The average molecular weight is 249 g/mol.